The largest absolute Gasteiger partial charge is 0.354 e. The lowest BCUT2D eigenvalue weighted by molar-refractivity contribution is -0.119. The molecule has 1 aromatic heterocycles. The minimum atomic E-state index is -0.216. The summed E-state index contributed by atoms with van der Waals surface area (Å²) in [4.78, 5) is 1.26. The molecule has 1 aromatic rings. The van der Waals surface area contributed by atoms with Crippen LogP contribution in [0.15, 0.2) is 14.3 Å². The van der Waals surface area contributed by atoms with E-state index < -0.39 is 0 Å². The Bertz CT molecular complexity index is 309. The molecule has 16 heavy (non-hydrogen) atoms. The Labute approximate surface area is 117 Å². The van der Waals surface area contributed by atoms with Crippen molar-refractivity contribution in [2.24, 2.45) is 0 Å². The Morgan fingerprint density at radius 3 is 2.44 bits per heavy atom. The average Bonchev–Trinajstić information content (AvgIpc) is 2.57. The van der Waals surface area contributed by atoms with Crippen LogP contribution in [0.2, 0.25) is 0 Å². The highest BCUT2D eigenvalue weighted by Crippen LogP contribution is 2.32. The van der Waals surface area contributed by atoms with Gasteiger partial charge in [-0.05, 0) is 44.8 Å². The van der Waals surface area contributed by atoms with Gasteiger partial charge in [0.2, 0.25) is 0 Å². The van der Waals surface area contributed by atoms with Crippen molar-refractivity contribution in [3.63, 3.8) is 0 Å². The minimum Gasteiger partial charge on any atom is -0.354 e. The number of methoxy groups -OCH3 is 2. The summed E-state index contributed by atoms with van der Waals surface area (Å²) >= 11 is 8.65. The van der Waals surface area contributed by atoms with Crippen molar-refractivity contribution in [2.45, 2.75) is 25.8 Å². The van der Waals surface area contributed by atoms with Gasteiger partial charge in [-0.2, -0.15) is 0 Å². The molecule has 0 spiro atoms. The summed E-state index contributed by atoms with van der Waals surface area (Å²) in [5.41, 5.74) is 0. The maximum Gasteiger partial charge on any atom is 0.171 e. The van der Waals surface area contributed by atoms with Crippen LogP contribution in [0, 0.1) is 0 Å². The van der Waals surface area contributed by atoms with Crippen LogP contribution in [0.1, 0.15) is 11.8 Å². The van der Waals surface area contributed by atoms with E-state index in [1.165, 1.54) is 4.88 Å². The lowest BCUT2D eigenvalue weighted by Crippen LogP contribution is -2.39. The Hall–Kier alpha value is 0.540. The molecule has 1 heterocycles. The molecule has 3 nitrogen and oxygen atoms in total. The molecule has 0 radical (unpaired) electrons. The summed E-state index contributed by atoms with van der Waals surface area (Å²) in [5.74, 6) is 0. The van der Waals surface area contributed by atoms with Crippen molar-refractivity contribution in [1.29, 1.82) is 0 Å². The molecule has 0 aliphatic carbocycles. The second-order valence-electron chi connectivity index (χ2n) is 3.34. The van der Waals surface area contributed by atoms with Gasteiger partial charge in [0.25, 0.3) is 0 Å². The first-order valence-corrected chi connectivity index (χ1v) is 7.21. The van der Waals surface area contributed by atoms with Crippen molar-refractivity contribution in [3.05, 3.63) is 19.2 Å². The molecule has 0 aliphatic rings. The van der Waals surface area contributed by atoms with Gasteiger partial charge >= 0.3 is 0 Å². The third-order valence-corrected chi connectivity index (χ3v) is 5.42. The van der Waals surface area contributed by atoms with Crippen molar-refractivity contribution in [3.8, 4) is 0 Å². The number of nitrogens with one attached hydrogen (secondary N) is 1. The lowest BCUT2D eigenvalue weighted by atomic mass is 10.3. The van der Waals surface area contributed by atoms with E-state index >= 15 is 0 Å². The summed E-state index contributed by atoms with van der Waals surface area (Å²) in [5, 5.41) is 3.36. The fourth-order valence-electron chi connectivity index (χ4n) is 1.34. The predicted molar refractivity (Wildman–Crippen MR) is 73.8 cm³/mol. The third kappa shape index (κ3) is 4.09. The molecule has 0 aromatic carbocycles. The maximum atomic E-state index is 5.18. The highest BCUT2D eigenvalue weighted by Gasteiger charge is 2.15. The molecule has 0 fully saturated rings. The summed E-state index contributed by atoms with van der Waals surface area (Å²) in [6.45, 7) is 2.84. The van der Waals surface area contributed by atoms with E-state index in [0.29, 0.717) is 0 Å². The maximum absolute atomic E-state index is 5.18. The van der Waals surface area contributed by atoms with Gasteiger partial charge in [0.1, 0.15) is 0 Å². The van der Waals surface area contributed by atoms with Gasteiger partial charge in [-0.25, -0.2) is 0 Å². The standard InChI is InChI=1S/C10H15Br2NO2S/c1-6(10(14-2)15-3)13-5-7-4-8(11)9(12)16-7/h4,6,10,13H,5H2,1-3H3. The van der Waals surface area contributed by atoms with E-state index in [4.69, 9.17) is 9.47 Å². The number of ether oxygens (including phenoxy) is 2. The van der Waals surface area contributed by atoms with Gasteiger partial charge in [-0.1, -0.05) is 0 Å². The SMILES string of the molecule is COC(OC)C(C)NCc1cc(Br)c(Br)s1. The van der Waals surface area contributed by atoms with Crippen LogP contribution in [0.5, 0.6) is 0 Å². The minimum absolute atomic E-state index is 0.148. The third-order valence-electron chi connectivity index (χ3n) is 2.17. The van der Waals surface area contributed by atoms with E-state index in [2.05, 4.69) is 43.2 Å². The van der Waals surface area contributed by atoms with Gasteiger partial charge in [0.15, 0.2) is 6.29 Å². The Balaban J connectivity index is 2.45. The van der Waals surface area contributed by atoms with Gasteiger partial charge in [0, 0.05) is 30.1 Å². The Morgan fingerprint density at radius 1 is 1.38 bits per heavy atom. The molecule has 0 saturated carbocycles. The van der Waals surface area contributed by atoms with Crippen molar-refractivity contribution in [1.82, 2.24) is 5.32 Å². The molecule has 0 bridgehead atoms. The first kappa shape index (κ1) is 14.6. The van der Waals surface area contributed by atoms with Crippen molar-refractivity contribution >= 4 is 43.2 Å². The van der Waals surface area contributed by atoms with Crippen LogP contribution >= 0.6 is 43.2 Å². The molecule has 0 aliphatic heterocycles. The van der Waals surface area contributed by atoms with Gasteiger partial charge in [-0.15, -0.1) is 11.3 Å². The van der Waals surface area contributed by atoms with Crippen LogP contribution < -0.4 is 5.32 Å². The van der Waals surface area contributed by atoms with Gasteiger partial charge < -0.3 is 14.8 Å². The first-order valence-electron chi connectivity index (χ1n) is 4.81. The summed E-state index contributed by atoms with van der Waals surface area (Å²) in [6, 6.07) is 2.25. The van der Waals surface area contributed by atoms with Gasteiger partial charge in [-0.3, -0.25) is 0 Å². The average molecular weight is 373 g/mol. The number of halogens is 2. The van der Waals surface area contributed by atoms with E-state index in [9.17, 15) is 0 Å². The quantitative estimate of drug-likeness (QED) is 0.776. The van der Waals surface area contributed by atoms with Crippen molar-refractivity contribution < 1.29 is 9.47 Å². The Morgan fingerprint density at radius 2 is 2.00 bits per heavy atom. The number of hydrogen-bond donors (Lipinski definition) is 1. The molecule has 1 rings (SSSR count). The molecule has 1 atom stereocenters. The molecular weight excluding hydrogens is 358 g/mol. The monoisotopic (exact) mass is 371 g/mol. The lowest BCUT2D eigenvalue weighted by Gasteiger charge is -2.21. The molecule has 92 valence electrons. The van der Waals surface area contributed by atoms with E-state index in [1.807, 2.05) is 6.92 Å². The highest BCUT2D eigenvalue weighted by atomic mass is 79.9. The smallest absolute Gasteiger partial charge is 0.171 e. The number of hydrogen-bond acceptors (Lipinski definition) is 4. The van der Waals surface area contributed by atoms with Crippen molar-refractivity contribution in [2.75, 3.05) is 14.2 Å². The van der Waals surface area contributed by atoms with Crippen LogP contribution in [0.25, 0.3) is 0 Å². The van der Waals surface area contributed by atoms with Crippen LogP contribution in [0.3, 0.4) is 0 Å². The zero-order chi connectivity index (χ0) is 12.1. The second kappa shape index (κ2) is 7.08. The molecule has 0 amide bonds. The van der Waals surface area contributed by atoms with Crippen LogP contribution in [0.4, 0.5) is 0 Å². The normalized spacial score (nSPS) is 13.4. The predicted octanol–water partition coefficient (Wildman–Crippen LogP) is 3.37. The summed E-state index contributed by atoms with van der Waals surface area (Å²) < 4.78 is 12.6. The molecule has 1 unspecified atom stereocenters. The van der Waals surface area contributed by atoms with E-state index in [-0.39, 0.29) is 12.3 Å². The Kier molecular flexibility index (Phi) is 6.46. The fraction of sp³-hybridized carbons (Fsp3) is 0.600. The first-order chi connectivity index (χ1) is 7.58. The second-order valence-corrected chi connectivity index (χ2v) is 6.65. The fourth-order valence-corrected chi connectivity index (χ4v) is 3.47. The number of thiophene rings is 1. The summed E-state index contributed by atoms with van der Waals surface area (Å²) in [6.07, 6.45) is -0.216. The van der Waals surface area contributed by atoms with E-state index in [0.717, 1.165) is 14.8 Å². The van der Waals surface area contributed by atoms with E-state index in [1.54, 1.807) is 25.6 Å². The zero-order valence-corrected chi connectivity index (χ0v) is 13.4. The molecule has 6 heteroatoms. The summed E-state index contributed by atoms with van der Waals surface area (Å²) in [7, 11) is 3.29. The topological polar surface area (TPSA) is 30.5 Å². The zero-order valence-electron chi connectivity index (χ0n) is 9.42. The van der Waals surface area contributed by atoms with Crippen LogP contribution in [-0.2, 0) is 16.0 Å². The molecule has 0 saturated heterocycles. The highest BCUT2D eigenvalue weighted by molar-refractivity contribution is 9.13. The van der Waals surface area contributed by atoms with Gasteiger partial charge in [0.05, 0.1) is 9.83 Å². The van der Waals surface area contributed by atoms with Crippen LogP contribution in [-0.4, -0.2) is 26.6 Å². The number of rotatable bonds is 6. The molecular formula is C10H15Br2NO2S. The molecule has 1 N–H and O–H groups in total.